The molecule has 0 aromatic heterocycles. The second-order valence-corrected chi connectivity index (χ2v) is 8.86. The van der Waals surface area contributed by atoms with Crippen LogP contribution in [0, 0.1) is 0 Å². The van der Waals surface area contributed by atoms with Gasteiger partial charge in [0.1, 0.15) is 6.54 Å². The number of amides is 1. The third-order valence-electron chi connectivity index (χ3n) is 4.14. The Morgan fingerprint density at radius 2 is 1.48 bits per heavy atom. The molecule has 0 saturated heterocycles. The number of nitrogens with one attached hydrogen (secondary N) is 1. The summed E-state index contributed by atoms with van der Waals surface area (Å²) < 4.78 is 27.4. The van der Waals surface area contributed by atoms with Crippen molar-refractivity contribution in [3.05, 3.63) is 94.5 Å². The van der Waals surface area contributed by atoms with Crippen LogP contribution in [-0.2, 0) is 21.4 Å². The number of hydrogen-bond acceptors (Lipinski definition) is 3. The number of nitrogens with zero attached hydrogens (tertiary/aromatic N) is 1. The van der Waals surface area contributed by atoms with Crippen LogP contribution in [0.15, 0.2) is 83.8 Å². The van der Waals surface area contributed by atoms with Gasteiger partial charge in [0, 0.05) is 6.54 Å². The smallest absolute Gasteiger partial charge is 0.264 e. The van der Waals surface area contributed by atoms with Crippen LogP contribution in [0.1, 0.15) is 5.56 Å². The molecular formula is C21H18Cl2N2O3S. The predicted molar refractivity (Wildman–Crippen MR) is 116 cm³/mol. The SMILES string of the molecule is O=C(CN(c1ccc(Cl)c(Cl)c1)S(=O)(=O)c1ccccc1)NCc1ccccc1. The first kappa shape index (κ1) is 21.2. The van der Waals surface area contributed by atoms with Crippen molar-refractivity contribution in [1.29, 1.82) is 0 Å². The summed E-state index contributed by atoms with van der Waals surface area (Å²) in [6, 6.07) is 21.7. The minimum atomic E-state index is -3.99. The summed E-state index contributed by atoms with van der Waals surface area (Å²) in [5.74, 6) is -0.445. The normalized spacial score (nSPS) is 11.1. The quantitative estimate of drug-likeness (QED) is 0.578. The Kier molecular flexibility index (Phi) is 6.79. The molecule has 0 saturated carbocycles. The molecule has 0 fully saturated rings. The number of carbonyl (C=O) groups is 1. The first-order valence-electron chi connectivity index (χ1n) is 8.71. The highest BCUT2D eigenvalue weighted by atomic mass is 35.5. The number of hydrogen-bond donors (Lipinski definition) is 1. The molecule has 0 aliphatic carbocycles. The lowest BCUT2D eigenvalue weighted by atomic mass is 10.2. The maximum absolute atomic E-state index is 13.2. The highest BCUT2D eigenvalue weighted by Gasteiger charge is 2.27. The average Bonchev–Trinajstić information content (AvgIpc) is 2.74. The van der Waals surface area contributed by atoms with Crippen molar-refractivity contribution in [1.82, 2.24) is 5.32 Å². The van der Waals surface area contributed by atoms with Crippen LogP contribution in [0.4, 0.5) is 5.69 Å². The Morgan fingerprint density at radius 1 is 0.862 bits per heavy atom. The number of benzene rings is 3. The minimum Gasteiger partial charge on any atom is -0.350 e. The topological polar surface area (TPSA) is 66.5 Å². The molecule has 0 aliphatic rings. The fourth-order valence-electron chi connectivity index (χ4n) is 2.66. The van der Waals surface area contributed by atoms with Gasteiger partial charge in [-0.15, -0.1) is 0 Å². The van der Waals surface area contributed by atoms with E-state index >= 15 is 0 Å². The molecule has 29 heavy (non-hydrogen) atoms. The van der Waals surface area contributed by atoms with E-state index in [1.165, 1.54) is 30.3 Å². The monoisotopic (exact) mass is 448 g/mol. The van der Waals surface area contributed by atoms with Crippen LogP contribution in [0.5, 0.6) is 0 Å². The van der Waals surface area contributed by atoms with E-state index in [-0.39, 0.29) is 15.6 Å². The highest BCUT2D eigenvalue weighted by molar-refractivity contribution is 7.92. The molecule has 0 radical (unpaired) electrons. The van der Waals surface area contributed by atoms with Gasteiger partial charge in [-0.05, 0) is 35.9 Å². The van der Waals surface area contributed by atoms with Crippen LogP contribution in [0.3, 0.4) is 0 Å². The number of sulfonamides is 1. The van der Waals surface area contributed by atoms with Crippen LogP contribution in [0.25, 0.3) is 0 Å². The van der Waals surface area contributed by atoms with Gasteiger partial charge in [0.2, 0.25) is 5.91 Å². The molecule has 150 valence electrons. The first-order valence-corrected chi connectivity index (χ1v) is 10.9. The van der Waals surface area contributed by atoms with Gasteiger partial charge in [-0.3, -0.25) is 9.10 Å². The van der Waals surface area contributed by atoms with Crippen molar-refractivity contribution in [2.45, 2.75) is 11.4 Å². The van der Waals surface area contributed by atoms with Gasteiger partial charge in [0.15, 0.2) is 0 Å². The molecule has 3 rings (SSSR count). The van der Waals surface area contributed by atoms with Gasteiger partial charge in [-0.1, -0.05) is 71.7 Å². The molecule has 0 heterocycles. The molecule has 8 heteroatoms. The van der Waals surface area contributed by atoms with Crippen LogP contribution in [0.2, 0.25) is 10.0 Å². The Balaban J connectivity index is 1.88. The van der Waals surface area contributed by atoms with Crippen molar-refractivity contribution in [3.8, 4) is 0 Å². The molecule has 0 aliphatic heterocycles. The lowest BCUT2D eigenvalue weighted by Gasteiger charge is -2.24. The van der Waals surface area contributed by atoms with Crippen molar-refractivity contribution in [3.63, 3.8) is 0 Å². The molecule has 3 aromatic carbocycles. The van der Waals surface area contributed by atoms with E-state index in [4.69, 9.17) is 23.2 Å². The maximum atomic E-state index is 13.2. The fraction of sp³-hybridized carbons (Fsp3) is 0.0952. The summed E-state index contributed by atoms with van der Waals surface area (Å²) in [4.78, 5) is 12.6. The van der Waals surface area contributed by atoms with Gasteiger partial charge in [0.25, 0.3) is 10.0 Å². The Labute approximate surface area is 179 Å². The summed E-state index contributed by atoms with van der Waals surface area (Å²) in [5, 5.41) is 3.23. The predicted octanol–water partition coefficient (Wildman–Crippen LogP) is 4.51. The molecular weight excluding hydrogens is 431 g/mol. The van der Waals surface area contributed by atoms with E-state index < -0.39 is 22.5 Å². The molecule has 1 N–H and O–H groups in total. The number of rotatable bonds is 7. The molecule has 3 aromatic rings. The number of halogens is 2. The summed E-state index contributed by atoms with van der Waals surface area (Å²) in [7, 11) is -3.99. The molecule has 0 bridgehead atoms. The van der Waals surface area contributed by atoms with E-state index in [1.807, 2.05) is 30.3 Å². The average molecular weight is 449 g/mol. The highest BCUT2D eigenvalue weighted by Crippen LogP contribution is 2.30. The lowest BCUT2D eigenvalue weighted by Crippen LogP contribution is -2.40. The second-order valence-electron chi connectivity index (χ2n) is 6.19. The second kappa shape index (κ2) is 9.31. The Morgan fingerprint density at radius 3 is 2.10 bits per heavy atom. The summed E-state index contributed by atoms with van der Waals surface area (Å²) >= 11 is 12.0. The number of carbonyl (C=O) groups excluding carboxylic acids is 1. The van der Waals surface area contributed by atoms with E-state index in [0.29, 0.717) is 11.6 Å². The molecule has 0 spiro atoms. The van der Waals surface area contributed by atoms with Gasteiger partial charge in [-0.2, -0.15) is 0 Å². The summed E-state index contributed by atoms with van der Waals surface area (Å²) in [5.41, 5.74) is 1.16. The zero-order valence-electron chi connectivity index (χ0n) is 15.3. The van der Waals surface area contributed by atoms with Crippen molar-refractivity contribution >= 4 is 44.8 Å². The van der Waals surface area contributed by atoms with Crippen molar-refractivity contribution < 1.29 is 13.2 Å². The standard InChI is InChI=1S/C21H18Cl2N2O3S/c22-19-12-11-17(13-20(19)23)25(29(27,28)18-9-5-2-6-10-18)15-21(26)24-14-16-7-3-1-4-8-16/h1-13H,14-15H2,(H,24,26). The minimum absolute atomic E-state index is 0.0712. The van der Waals surface area contributed by atoms with Gasteiger partial charge in [-0.25, -0.2) is 8.42 Å². The molecule has 5 nitrogen and oxygen atoms in total. The van der Waals surface area contributed by atoms with Crippen LogP contribution >= 0.6 is 23.2 Å². The zero-order chi connectivity index (χ0) is 20.9. The molecule has 0 atom stereocenters. The Hall–Kier alpha value is -2.54. The van der Waals surface area contributed by atoms with E-state index in [2.05, 4.69) is 5.32 Å². The summed E-state index contributed by atoms with van der Waals surface area (Å²) in [6.07, 6.45) is 0. The largest absolute Gasteiger partial charge is 0.350 e. The number of anilines is 1. The Bertz CT molecular complexity index is 1090. The van der Waals surface area contributed by atoms with Gasteiger partial charge < -0.3 is 5.32 Å². The van der Waals surface area contributed by atoms with Crippen molar-refractivity contribution in [2.75, 3.05) is 10.8 Å². The first-order chi connectivity index (χ1) is 13.9. The maximum Gasteiger partial charge on any atom is 0.264 e. The zero-order valence-corrected chi connectivity index (χ0v) is 17.6. The lowest BCUT2D eigenvalue weighted by molar-refractivity contribution is -0.119. The molecule has 1 amide bonds. The van der Waals surface area contributed by atoms with Gasteiger partial charge in [0.05, 0.1) is 20.6 Å². The van der Waals surface area contributed by atoms with Crippen LogP contribution < -0.4 is 9.62 Å². The third-order valence-corrected chi connectivity index (χ3v) is 6.67. The van der Waals surface area contributed by atoms with E-state index in [9.17, 15) is 13.2 Å². The van der Waals surface area contributed by atoms with E-state index in [0.717, 1.165) is 9.87 Å². The third kappa shape index (κ3) is 5.29. The van der Waals surface area contributed by atoms with Crippen molar-refractivity contribution in [2.24, 2.45) is 0 Å². The molecule has 0 unspecified atom stereocenters. The summed E-state index contributed by atoms with van der Waals surface area (Å²) in [6.45, 7) is -0.109. The van der Waals surface area contributed by atoms with Crippen LogP contribution in [-0.4, -0.2) is 20.9 Å². The fourth-order valence-corrected chi connectivity index (χ4v) is 4.38. The van der Waals surface area contributed by atoms with E-state index in [1.54, 1.807) is 18.2 Å². The van der Waals surface area contributed by atoms with Gasteiger partial charge >= 0.3 is 0 Å².